The summed E-state index contributed by atoms with van der Waals surface area (Å²) in [6.45, 7) is 4.70. The Labute approximate surface area is 84.8 Å². The Morgan fingerprint density at radius 3 is 2.36 bits per heavy atom. The van der Waals surface area contributed by atoms with Crippen molar-refractivity contribution in [3.63, 3.8) is 0 Å². The summed E-state index contributed by atoms with van der Waals surface area (Å²) in [5.74, 6) is -0.587. The van der Waals surface area contributed by atoms with Crippen molar-refractivity contribution in [3.05, 3.63) is 23.1 Å². The normalized spacial score (nSPS) is 13.2. The number of nitrogens with one attached hydrogen (secondary N) is 1. The third-order valence-corrected chi connectivity index (χ3v) is 2.80. The van der Waals surface area contributed by atoms with E-state index in [0.717, 1.165) is 6.92 Å². The van der Waals surface area contributed by atoms with Gasteiger partial charge in [-0.1, -0.05) is 19.1 Å². The number of amides is 1. The molecule has 5 heteroatoms. The second-order valence-electron chi connectivity index (χ2n) is 2.68. The zero-order valence-electron chi connectivity index (χ0n) is 8.57. The molecule has 4 nitrogen and oxygen atoms in total. The van der Waals surface area contributed by atoms with Gasteiger partial charge in [0.25, 0.3) is 10.0 Å². The molecule has 0 bridgehead atoms. The van der Waals surface area contributed by atoms with Gasteiger partial charge >= 0.3 is 0 Å². The Balaban J connectivity index is 5.02. The first kappa shape index (κ1) is 12.9. The number of allylic oxidation sites excluding steroid dienone is 3. The van der Waals surface area contributed by atoms with E-state index in [9.17, 15) is 13.2 Å². The fourth-order valence-corrected chi connectivity index (χ4v) is 2.08. The van der Waals surface area contributed by atoms with Gasteiger partial charge in [-0.15, -0.1) is 0 Å². The maximum Gasteiger partial charge on any atom is 0.263 e. The van der Waals surface area contributed by atoms with Crippen LogP contribution in [0.25, 0.3) is 0 Å². The molecule has 0 atom stereocenters. The standard InChI is InChI=1S/C9H15NO3S/c1-4-6-9(7-5-2)14(12,13)10-8(3)11/h4,6-7H,5H2,1-3H3,(H,10,11)/b6-4-,9-7+. The second-order valence-corrected chi connectivity index (χ2v) is 4.36. The van der Waals surface area contributed by atoms with E-state index in [1.165, 1.54) is 6.08 Å². The SMILES string of the molecule is C/C=C\C(=C/CC)S(=O)(=O)NC(C)=O. The van der Waals surface area contributed by atoms with Crippen LogP contribution in [0, 0.1) is 0 Å². The molecule has 0 saturated heterocycles. The quantitative estimate of drug-likeness (QED) is 0.722. The molecular weight excluding hydrogens is 202 g/mol. The van der Waals surface area contributed by atoms with Crippen LogP contribution in [0.15, 0.2) is 23.1 Å². The monoisotopic (exact) mass is 217 g/mol. The van der Waals surface area contributed by atoms with Crippen LogP contribution in [0.4, 0.5) is 0 Å². The van der Waals surface area contributed by atoms with Crippen LogP contribution < -0.4 is 4.72 Å². The smallest absolute Gasteiger partial charge is 0.263 e. The molecule has 0 aliphatic heterocycles. The van der Waals surface area contributed by atoms with Gasteiger partial charge in [0.15, 0.2) is 0 Å². The lowest BCUT2D eigenvalue weighted by atomic mass is 10.4. The van der Waals surface area contributed by atoms with E-state index >= 15 is 0 Å². The van der Waals surface area contributed by atoms with Gasteiger partial charge in [-0.05, 0) is 19.4 Å². The Hall–Kier alpha value is -1.10. The fourth-order valence-electron chi connectivity index (χ4n) is 0.881. The zero-order chi connectivity index (χ0) is 11.2. The van der Waals surface area contributed by atoms with Crippen molar-refractivity contribution in [2.24, 2.45) is 0 Å². The van der Waals surface area contributed by atoms with Crippen molar-refractivity contribution >= 4 is 15.9 Å². The fraction of sp³-hybridized carbons (Fsp3) is 0.444. The molecule has 0 unspecified atom stereocenters. The molecule has 0 radical (unpaired) electrons. The summed E-state index contributed by atoms with van der Waals surface area (Å²) in [5, 5.41) is 0. The number of carbonyl (C=O) groups excluding carboxylic acids is 1. The van der Waals surface area contributed by atoms with Gasteiger partial charge in [-0.25, -0.2) is 13.1 Å². The third kappa shape index (κ3) is 4.23. The van der Waals surface area contributed by atoms with Crippen LogP contribution >= 0.6 is 0 Å². The maximum atomic E-state index is 11.5. The summed E-state index contributed by atoms with van der Waals surface area (Å²) in [7, 11) is -3.67. The third-order valence-electron chi connectivity index (χ3n) is 1.32. The van der Waals surface area contributed by atoms with Crippen molar-refractivity contribution < 1.29 is 13.2 Å². The van der Waals surface area contributed by atoms with Gasteiger partial charge in [0.1, 0.15) is 0 Å². The number of sulfonamides is 1. The Bertz CT molecular complexity index is 352. The highest BCUT2D eigenvalue weighted by atomic mass is 32.2. The summed E-state index contributed by atoms with van der Waals surface area (Å²) in [6.07, 6.45) is 5.21. The molecule has 0 spiro atoms. The van der Waals surface area contributed by atoms with Crippen LogP contribution in [0.2, 0.25) is 0 Å². The highest BCUT2D eigenvalue weighted by Gasteiger charge is 2.15. The van der Waals surface area contributed by atoms with E-state index in [4.69, 9.17) is 0 Å². The van der Waals surface area contributed by atoms with Crippen LogP contribution in [0.1, 0.15) is 27.2 Å². The number of rotatable bonds is 4. The first-order valence-electron chi connectivity index (χ1n) is 4.30. The number of carbonyl (C=O) groups is 1. The van der Waals surface area contributed by atoms with E-state index in [0.29, 0.717) is 6.42 Å². The van der Waals surface area contributed by atoms with Crippen LogP contribution in [0.3, 0.4) is 0 Å². The van der Waals surface area contributed by atoms with Gasteiger partial charge in [0.05, 0.1) is 4.91 Å². The summed E-state index contributed by atoms with van der Waals surface area (Å²) in [4.78, 5) is 10.8. The van der Waals surface area contributed by atoms with Crippen molar-refractivity contribution in [1.29, 1.82) is 0 Å². The number of hydrogen-bond donors (Lipinski definition) is 1. The molecule has 0 aliphatic rings. The predicted octanol–water partition coefficient (Wildman–Crippen LogP) is 1.32. The minimum atomic E-state index is -3.67. The highest BCUT2D eigenvalue weighted by molar-refractivity contribution is 7.94. The molecule has 80 valence electrons. The van der Waals surface area contributed by atoms with E-state index in [1.807, 2.05) is 11.6 Å². The van der Waals surface area contributed by atoms with Gasteiger partial charge in [0.2, 0.25) is 5.91 Å². The zero-order valence-corrected chi connectivity index (χ0v) is 9.39. The highest BCUT2D eigenvalue weighted by Crippen LogP contribution is 2.07. The molecular formula is C9H15NO3S. The molecule has 0 aliphatic carbocycles. The lowest BCUT2D eigenvalue weighted by molar-refractivity contribution is -0.117. The minimum absolute atomic E-state index is 0.123. The molecule has 0 rings (SSSR count). The van der Waals surface area contributed by atoms with Gasteiger partial charge in [-0.2, -0.15) is 0 Å². The summed E-state index contributed by atoms with van der Waals surface area (Å²) < 4.78 is 24.8. The van der Waals surface area contributed by atoms with E-state index in [-0.39, 0.29) is 4.91 Å². The van der Waals surface area contributed by atoms with E-state index < -0.39 is 15.9 Å². The average molecular weight is 217 g/mol. The molecule has 0 aromatic carbocycles. The molecule has 0 heterocycles. The lowest BCUT2D eigenvalue weighted by Gasteiger charge is -2.04. The van der Waals surface area contributed by atoms with Crippen molar-refractivity contribution in [1.82, 2.24) is 4.72 Å². The molecule has 1 amide bonds. The van der Waals surface area contributed by atoms with E-state index in [2.05, 4.69) is 0 Å². The van der Waals surface area contributed by atoms with Crippen LogP contribution in [-0.4, -0.2) is 14.3 Å². The minimum Gasteiger partial charge on any atom is -0.274 e. The Morgan fingerprint density at radius 2 is 2.00 bits per heavy atom. The van der Waals surface area contributed by atoms with Gasteiger partial charge < -0.3 is 0 Å². The van der Waals surface area contributed by atoms with Crippen molar-refractivity contribution in [2.75, 3.05) is 0 Å². The Kier molecular flexibility index (Phi) is 5.15. The summed E-state index contributed by atoms with van der Waals surface area (Å²) >= 11 is 0. The van der Waals surface area contributed by atoms with Crippen molar-refractivity contribution in [3.8, 4) is 0 Å². The van der Waals surface area contributed by atoms with Crippen LogP contribution in [-0.2, 0) is 14.8 Å². The molecule has 0 aromatic rings. The molecule has 14 heavy (non-hydrogen) atoms. The van der Waals surface area contributed by atoms with Crippen LogP contribution in [0.5, 0.6) is 0 Å². The maximum absolute atomic E-state index is 11.5. The van der Waals surface area contributed by atoms with Gasteiger partial charge in [0, 0.05) is 6.92 Å². The number of hydrogen-bond acceptors (Lipinski definition) is 3. The summed E-state index contributed by atoms with van der Waals surface area (Å²) in [6, 6.07) is 0. The second kappa shape index (κ2) is 5.59. The molecule has 0 saturated carbocycles. The first-order valence-corrected chi connectivity index (χ1v) is 5.78. The van der Waals surface area contributed by atoms with E-state index in [1.54, 1.807) is 19.1 Å². The largest absolute Gasteiger partial charge is 0.274 e. The average Bonchev–Trinajstić information content (AvgIpc) is 2.01. The van der Waals surface area contributed by atoms with Crippen molar-refractivity contribution in [2.45, 2.75) is 27.2 Å². The first-order chi connectivity index (χ1) is 6.44. The lowest BCUT2D eigenvalue weighted by Crippen LogP contribution is -2.28. The van der Waals surface area contributed by atoms with Gasteiger partial charge in [-0.3, -0.25) is 4.79 Å². The molecule has 1 N–H and O–H groups in total. The predicted molar refractivity (Wildman–Crippen MR) is 55.9 cm³/mol. The topological polar surface area (TPSA) is 63.2 Å². The summed E-state index contributed by atoms with van der Waals surface area (Å²) in [5.41, 5.74) is 0. The molecule has 0 aromatic heterocycles. The molecule has 0 fully saturated rings. The Morgan fingerprint density at radius 1 is 1.43 bits per heavy atom.